The van der Waals surface area contributed by atoms with Gasteiger partial charge < -0.3 is 5.32 Å². The monoisotopic (exact) mass is 357 g/mol. The van der Waals surface area contributed by atoms with Crippen LogP contribution in [-0.4, -0.2) is 26.3 Å². The molecule has 0 bridgehead atoms. The summed E-state index contributed by atoms with van der Waals surface area (Å²) in [5.41, 5.74) is 1.10. The number of rotatable bonds is 4. The Hall–Kier alpha value is -1.18. The number of nitrogens with zero attached hydrogens (tertiary/aromatic N) is 4. The highest BCUT2D eigenvalue weighted by Crippen LogP contribution is 2.27. The van der Waals surface area contributed by atoms with Crippen molar-refractivity contribution in [1.82, 2.24) is 19.7 Å². The molecule has 6 heteroatoms. The minimum atomic E-state index is 0.331. The van der Waals surface area contributed by atoms with Crippen LogP contribution < -0.4 is 5.32 Å². The maximum atomic E-state index is 4.37. The third kappa shape index (κ3) is 2.63. The number of aromatic nitrogens is 4. The van der Waals surface area contributed by atoms with Gasteiger partial charge in [-0.15, -0.1) is 0 Å². The predicted octanol–water partition coefficient (Wildman–Crippen LogP) is 2.82. The fourth-order valence-electron chi connectivity index (χ4n) is 1.83. The van der Waals surface area contributed by atoms with Crippen LogP contribution in [0.4, 0.5) is 5.82 Å². The van der Waals surface area contributed by atoms with Gasteiger partial charge in [-0.2, -0.15) is 5.10 Å². The highest BCUT2D eigenvalue weighted by atomic mass is 127. The van der Waals surface area contributed by atoms with Crippen molar-refractivity contribution in [1.29, 1.82) is 0 Å². The van der Waals surface area contributed by atoms with Crippen LogP contribution in [0.3, 0.4) is 0 Å². The van der Waals surface area contributed by atoms with E-state index < -0.39 is 0 Å². The van der Waals surface area contributed by atoms with E-state index in [1.807, 2.05) is 12.4 Å². The molecular weight excluding hydrogens is 341 g/mol. The van der Waals surface area contributed by atoms with Crippen LogP contribution in [-0.2, 0) is 0 Å². The topological polar surface area (TPSA) is 55.6 Å². The molecule has 1 N–H and O–H groups in total. The van der Waals surface area contributed by atoms with Crippen LogP contribution in [0, 0.1) is 3.57 Å². The van der Waals surface area contributed by atoms with E-state index in [1.54, 1.807) is 11.0 Å². The largest absolute Gasteiger partial charge is 0.370 e. The number of halogens is 1. The second kappa shape index (κ2) is 5.64. The molecule has 0 unspecified atom stereocenters. The molecule has 0 atom stereocenters. The summed E-state index contributed by atoms with van der Waals surface area (Å²) in [4.78, 5) is 8.69. The average molecular weight is 357 g/mol. The SMILES string of the molecule is CCNc1ncnc(-n2cc(I)cn2)c1C(C)C. The second-order valence-electron chi connectivity index (χ2n) is 4.25. The standard InChI is InChI=1S/C12H16IN5/c1-4-14-11-10(8(2)3)12(16-7-15-11)18-6-9(13)5-17-18/h5-8H,4H2,1-3H3,(H,14,15,16). The van der Waals surface area contributed by atoms with E-state index in [9.17, 15) is 0 Å². The molecule has 2 heterocycles. The molecule has 2 aromatic heterocycles. The molecule has 0 saturated heterocycles. The molecule has 0 spiro atoms. The first kappa shape index (κ1) is 13.3. The van der Waals surface area contributed by atoms with E-state index >= 15 is 0 Å². The smallest absolute Gasteiger partial charge is 0.162 e. The highest BCUT2D eigenvalue weighted by molar-refractivity contribution is 14.1. The minimum Gasteiger partial charge on any atom is -0.370 e. The molecule has 0 aliphatic carbocycles. The van der Waals surface area contributed by atoms with Gasteiger partial charge in [-0.25, -0.2) is 14.6 Å². The Morgan fingerprint density at radius 2 is 2.17 bits per heavy atom. The van der Waals surface area contributed by atoms with Crippen molar-refractivity contribution in [2.45, 2.75) is 26.7 Å². The van der Waals surface area contributed by atoms with E-state index in [2.05, 4.69) is 63.7 Å². The van der Waals surface area contributed by atoms with Gasteiger partial charge in [-0.1, -0.05) is 13.8 Å². The van der Waals surface area contributed by atoms with E-state index in [0.717, 1.165) is 27.3 Å². The van der Waals surface area contributed by atoms with Crippen molar-refractivity contribution in [3.63, 3.8) is 0 Å². The van der Waals surface area contributed by atoms with Gasteiger partial charge in [-0.05, 0) is 35.4 Å². The van der Waals surface area contributed by atoms with Crippen LogP contribution in [0.1, 0.15) is 32.3 Å². The minimum absolute atomic E-state index is 0.331. The fraction of sp³-hybridized carbons (Fsp3) is 0.417. The number of anilines is 1. The Kier molecular flexibility index (Phi) is 4.15. The Morgan fingerprint density at radius 3 is 2.72 bits per heavy atom. The van der Waals surface area contributed by atoms with Gasteiger partial charge in [-0.3, -0.25) is 0 Å². The third-order valence-electron chi connectivity index (χ3n) is 2.55. The van der Waals surface area contributed by atoms with Crippen LogP contribution >= 0.6 is 22.6 Å². The molecule has 0 aliphatic rings. The molecule has 5 nitrogen and oxygen atoms in total. The quantitative estimate of drug-likeness (QED) is 0.855. The average Bonchev–Trinajstić information content (AvgIpc) is 2.75. The van der Waals surface area contributed by atoms with Gasteiger partial charge in [0.15, 0.2) is 5.82 Å². The first-order chi connectivity index (χ1) is 8.63. The lowest BCUT2D eigenvalue weighted by Gasteiger charge is -2.16. The molecule has 2 rings (SSSR count). The Balaban J connectivity index is 2.56. The van der Waals surface area contributed by atoms with Gasteiger partial charge in [0.05, 0.1) is 9.77 Å². The molecular formula is C12H16IN5. The number of hydrogen-bond donors (Lipinski definition) is 1. The molecule has 96 valence electrons. The normalized spacial score (nSPS) is 10.9. The summed E-state index contributed by atoms with van der Waals surface area (Å²) >= 11 is 2.24. The van der Waals surface area contributed by atoms with Gasteiger partial charge in [0.2, 0.25) is 0 Å². The lowest BCUT2D eigenvalue weighted by atomic mass is 10.0. The molecule has 0 aromatic carbocycles. The van der Waals surface area contributed by atoms with Crippen molar-refractivity contribution < 1.29 is 0 Å². The predicted molar refractivity (Wildman–Crippen MR) is 80.1 cm³/mol. The molecule has 0 fully saturated rings. The molecule has 0 saturated carbocycles. The molecule has 0 aliphatic heterocycles. The van der Waals surface area contributed by atoms with Crippen molar-refractivity contribution in [3.05, 3.63) is 27.9 Å². The summed E-state index contributed by atoms with van der Waals surface area (Å²) in [5.74, 6) is 2.07. The van der Waals surface area contributed by atoms with Crippen molar-refractivity contribution in [2.75, 3.05) is 11.9 Å². The maximum absolute atomic E-state index is 4.37. The van der Waals surface area contributed by atoms with E-state index in [-0.39, 0.29) is 0 Å². The fourth-order valence-corrected chi connectivity index (χ4v) is 2.21. The van der Waals surface area contributed by atoms with Crippen LogP contribution in [0.2, 0.25) is 0 Å². The van der Waals surface area contributed by atoms with Crippen molar-refractivity contribution >= 4 is 28.4 Å². The third-order valence-corrected chi connectivity index (χ3v) is 3.11. The number of hydrogen-bond acceptors (Lipinski definition) is 4. The Morgan fingerprint density at radius 1 is 1.39 bits per heavy atom. The zero-order valence-corrected chi connectivity index (χ0v) is 12.8. The zero-order chi connectivity index (χ0) is 13.1. The van der Waals surface area contributed by atoms with Gasteiger partial charge in [0.1, 0.15) is 12.1 Å². The summed E-state index contributed by atoms with van der Waals surface area (Å²) in [5, 5.41) is 7.60. The lowest BCUT2D eigenvalue weighted by Crippen LogP contribution is -2.11. The van der Waals surface area contributed by atoms with E-state index in [1.165, 1.54) is 0 Å². The highest BCUT2D eigenvalue weighted by Gasteiger charge is 2.16. The first-order valence-electron chi connectivity index (χ1n) is 5.92. The van der Waals surface area contributed by atoms with E-state index in [4.69, 9.17) is 0 Å². The lowest BCUT2D eigenvalue weighted by molar-refractivity contribution is 0.773. The van der Waals surface area contributed by atoms with Crippen LogP contribution in [0.5, 0.6) is 0 Å². The van der Waals surface area contributed by atoms with E-state index in [0.29, 0.717) is 5.92 Å². The molecule has 0 radical (unpaired) electrons. The van der Waals surface area contributed by atoms with Crippen molar-refractivity contribution in [3.8, 4) is 5.82 Å². The van der Waals surface area contributed by atoms with Gasteiger partial charge >= 0.3 is 0 Å². The van der Waals surface area contributed by atoms with Crippen LogP contribution in [0.15, 0.2) is 18.7 Å². The zero-order valence-electron chi connectivity index (χ0n) is 10.7. The summed E-state index contributed by atoms with van der Waals surface area (Å²) < 4.78 is 2.89. The second-order valence-corrected chi connectivity index (χ2v) is 5.49. The summed E-state index contributed by atoms with van der Waals surface area (Å²) in [7, 11) is 0. The summed E-state index contributed by atoms with van der Waals surface area (Å²) in [6, 6.07) is 0. The van der Waals surface area contributed by atoms with Crippen molar-refractivity contribution in [2.24, 2.45) is 0 Å². The Bertz CT molecular complexity index is 535. The van der Waals surface area contributed by atoms with Gasteiger partial charge in [0, 0.05) is 18.3 Å². The van der Waals surface area contributed by atoms with Crippen LogP contribution in [0.25, 0.3) is 5.82 Å². The van der Waals surface area contributed by atoms with Gasteiger partial charge in [0.25, 0.3) is 0 Å². The molecule has 18 heavy (non-hydrogen) atoms. The summed E-state index contributed by atoms with van der Waals surface area (Å²) in [6.45, 7) is 7.17. The number of nitrogens with one attached hydrogen (secondary N) is 1. The molecule has 0 amide bonds. The summed E-state index contributed by atoms with van der Waals surface area (Å²) in [6.07, 6.45) is 5.36. The Labute approximate surface area is 120 Å². The first-order valence-corrected chi connectivity index (χ1v) is 7.00. The molecule has 2 aromatic rings. The maximum Gasteiger partial charge on any atom is 0.162 e.